The second kappa shape index (κ2) is 18.7. The van der Waals surface area contributed by atoms with E-state index in [9.17, 15) is 29.1 Å². The monoisotopic (exact) mass is 854 g/mol. The Balaban J connectivity index is 0.721. The van der Waals surface area contributed by atoms with Crippen LogP contribution in [-0.2, 0) is 32.3 Å². The molecule has 9 rings (SSSR count). The van der Waals surface area contributed by atoms with E-state index in [2.05, 4.69) is 67.1 Å². The summed E-state index contributed by atoms with van der Waals surface area (Å²) in [6.45, 7) is 5.31. The molecule has 1 aromatic heterocycles. The molecule has 15 nitrogen and oxygen atoms in total. The van der Waals surface area contributed by atoms with E-state index in [-0.39, 0.29) is 61.2 Å². The molecule has 4 N–H and O–H groups in total. The van der Waals surface area contributed by atoms with Crippen molar-refractivity contribution in [2.45, 2.75) is 69.7 Å². The van der Waals surface area contributed by atoms with E-state index < -0.39 is 11.9 Å². The van der Waals surface area contributed by atoms with Gasteiger partial charge in [0.2, 0.25) is 23.6 Å². The van der Waals surface area contributed by atoms with Crippen molar-refractivity contribution in [1.29, 1.82) is 0 Å². The second-order valence-electron chi connectivity index (χ2n) is 17.2. The molecule has 0 saturated carbocycles. The maximum atomic E-state index is 13.1. The highest BCUT2D eigenvalue weighted by molar-refractivity contribution is 6.05. The minimum atomic E-state index is -0.683. The summed E-state index contributed by atoms with van der Waals surface area (Å²) in [4.78, 5) is 75.6. The fraction of sp³-hybridized carbons (Fsp3) is 0.417. The van der Waals surface area contributed by atoms with Crippen LogP contribution in [0.3, 0.4) is 0 Å². The first kappa shape index (κ1) is 42.2. The van der Waals surface area contributed by atoms with Gasteiger partial charge in [-0.05, 0) is 103 Å². The Hall–Kier alpha value is -6.16. The summed E-state index contributed by atoms with van der Waals surface area (Å²) in [6.07, 6.45) is 6.70. The number of benzene rings is 3. The molecular formula is C48H54N8O7. The van der Waals surface area contributed by atoms with Crippen LogP contribution in [0.15, 0.2) is 85.2 Å². The fourth-order valence-electron chi connectivity index (χ4n) is 10.0. The highest BCUT2D eigenvalue weighted by atomic mass is 16.5. The minimum absolute atomic E-state index is 0.00238. The summed E-state index contributed by atoms with van der Waals surface area (Å²) in [7, 11) is 0. The number of likely N-dealkylation sites (tertiary alicyclic amines) is 1. The number of ether oxygens (including phenoxy) is 1. The predicted octanol–water partition coefficient (Wildman–Crippen LogP) is 4.19. The van der Waals surface area contributed by atoms with E-state index in [1.165, 1.54) is 16.0 Å². The summed E-state index contributed by atoms with van der Waals surface area (Å²) < 4.78 is 6.12. The van der Waals surface area contributed by atoms with Crippen LogP contribution in [0.2, 0.25) is 0 Å². The number of hydrogen-bond donors (Lipinski definition) is 4. The number of rotatable bonds is 15. The number of carbonyl (C=O) groups excluding carboxylic acids is 5. The van der Waals surface area contributed by atoms with Gasteiger partial charge in [0.15, 0.2) is 0 Å². The Labute approximate surface area is 366 Å². The molecule has 3 fully saturated rings. The van der Waals surface area contributed by atoms with E-state index in [4.69, 9.17) is 4.74 Å². The molecule has 5 amide bonds. The highest BCUT2D eigenvalue weighted by Crippen LogP contribution is 2.48. The number of imide groups is 1. The van der Waals surface area contributed by atoms with Gasteiger partial charge < -0.3 is 30.3 Å². The van der Waals surface area contributed by atoms with Crippen molar-refractivity contribution >= 4 is 40.9 Å². The van der Waals surface area contributed by atoms with Crippen molar-refractivity contribution in [3.8, 4) is 16.9 Å². The lowest BCUT2D eigenvalue weighted by atomic mass is 9.82. The SMILES string of the molecule is O=C1CCC(N2Cc3c(OCCCN4CCN(CCCC(=O)Nc5cccc(-c6ccc7c(c6)[C@H]6[C@H](CCN6Cc6ccncc6)[C@@H](CO)N7)c5)C(=O)C4)cccc3C2=O)C(=O)N1. The van der Waals surface area contributed by atoms with Gasteiger partial charge in [0, 0.05) is 92.4 Å². The predicted molar refractivity (Wildman–Crippen MR) is 235 cm³/mol. The third-order valence-electron chi connectivity index (χ3n) is 13.2. The molecule has 5 aliphatic heterocycles. The van der Waals surface area contributed by atoms with Crippen molar-refractivity contribution in [2.75, 3.05) is 63.1 Å². The Morgan fingerprint density at radius 3 is 2.56 bits per heavy atom. The van der Waals surface area contributed by atoms with Gasteiger partial charge in [0.25, 0.3) is 5.91 Å². The third-order valence-corrected chi connectivity index (χ3v) is 13.2. The number of carbonyl (C=O) groups is 5. The normalized spacial score (nSPS) is 22.3. The molecule has 15 heteroatoms. The Kier molecular flexibility index (Phi) is 12.5. The van der Waals surface area contributed by atoms with Crippen molar-refractivity contribution in [3.63, 3.8) is 0 Å². The molecule has 1 unspecified atom stereocenters. The number of fused-ring (bicyclic) bond motifs is 4. The van der Waals surface area contributed by atoms with E-state index >= 15 is 0 Å². The second-order valence-corrected chi connectivity index (χ2v) is 17.2. The molecule has 4 atom stereocenters. The maximum absolute atomic E-state index is 13.1. The molecule has 0 aliphatic carbocycles. The van der Waals surface area contributed by atoms with Gasteiger partial charge in [-0.15, -0.1) is 0 Å². The van der Waals surface area contributed by atoms with E-state index in [0.29, 0.717) is 69.8 Å². The van der Waals surface area contributed by atoms with Crippen LogP contribution in [0.1, 0.15) is 71.6 Å². The molecule has 5 aliphatic rings. The fourth-order valence-corrected chi connectivity index (χ4v) is 10.0. The smallest absolute Gasteiger partial charge is 0.255 e. The minimum Gasteiger partial charge on any atom is -0.493 e. The number of nitrogens with one attached hydrogen (secondary N) is 3. The van der Waals surface area contributed by atoms with Crippen molar-refractivity contribution in [3.05, 3.63) is 107 Å². The molecule has 0 radical (unpaired) electrons. The van der Waals surface area contributed by atoms with Crippen LogP contribution < -0.4 is 20.7 Å². The van der Waals surface area contributed by atoms with Crippen LogP contribution in [-0.4, -0.2) is 124 Å². The quantitative estimate of drug-likeness (QED) is 0.0997. The number of piperazine rings is 1. The Morgan fingerprint density at radius 2 is 1.73 bits per heavy atom. The zero-order valence-corrected chi connectivity index (χ0v) is 35.3. The topological polar surface area (TPSA) is 177 Å². The lowest BCUT2D eigenvalue weighted by Crippen LogP contribution is -2.52. The number of piperidine rings is 1. The lowest BCUT2D eigenvalue weighted by molar-refractivity contribution is -0.137. The van der Waals surface area contributed by atoms with Crippen LogP contribution in [0, 0.1) is 5.92 Å². The van der Waals surface area contributed by atoms with Gasteiger partial charge in [0.05, 0.1) is 32.3 Å². The maximum Gasteiger partial charge on any atom is 0.255 e. The number of anilines is 2. The van der Waals surface area contributed by atoms with Gasteiger partial charge in [-0.3, -0.25) is 44.1 Å². The number of amides is 5. The number of pyridine rings is 1. The van der Waals surface area contributed by atoms with Crippen LogP contribution in [0.25, 0.3) is 11.1 Å². The summed E-state index contributed by atoms with van der Waals surface area (Å²) in [6, 6.07) is 23.3. The number of aromatic nitrogens is 1. The van der Waals surface area contributed by atoms with Crippen LogP contribution >= 0.6 is 0 Å². The number of aliphatic hydroxyl groups is 1. The van der Waals surface area contributed by atoms with Crippen molar-refractivity contribution in [1.82, 2.24) is 29.9 Å². The summed E-state index contributed by atoms with van der Waals surface area (Å²) in [5.41, 5.74) is 7.52. The molecule has 328 valence electrons. The number of aliphatic hydroxyl groups excluding tert-OH is 1. The molecule has 4 aromatic rings. The van der Waals surface area contributed by atoms with Crippen molar-refractivity contribution in [2.24, 2.45) is 5.92 Å². The lowest BCUT2D eigenvalue weighted by Gasteiger charge is -2.39. The van der Waals surface area contributed by atoms with Crippen LogP contribution in [0.5, 0.6) is 5.75 Å². The summed E-state index contributed by atoms with van der Waals surface area (Å²) >= 11 is 0. The first-order chi connectivity index (χ1) is 30.7. The molecule has 0 bridgehead atoms. The van der Waals surface area contributed by atoms with Crippen molar-refractivity contribution < 1.29 is 33.8 Å². The Morgan fingerprint density at radius 1 is 0.889 bits per heavy atom. The molecular weight excluding hydrogens is 801 g/mol. The number of hydrogen-bond acceptors (Lipinski definition) is 11. The molecule has 63 heavy (non-hydrogen) atoms. The first-order valence-corrected chi connectivity index (χ1v) is 22.2. The van der Waals surface area contributed by atoms with Gasteiger partial charge >= 0.3 is 0 Å². The average Bonchev–Trinajstić information content (AvgIpc) is 3.87. The summed E-state index contributed by atoms with van der Waals surface area (Å²) in [5, 5.41) is 19.3. The zero-order chi connectivity index (χ0) is 43.5. The third kappa shape index (κ3) is 9.17. The molecule has 3 saturated heterocycles. The average molecular weight is 855 g/mol. The van der Waals surface area contributed by atoms with Gasteiger partial charge in [-0.2, -0.15) is 0 Å². The van der Waals surface area contributed by atoms with Crippen LogP contribution in [0.4, 0.5) is 11.4 Å². The largest absolute Gasteiger partial charge is 0.493 e. The van der Waals surface area contributed by atoms with Gasteiger partial charge in [0.1, 0.15) is 11.8 Å². The first-order valence-electron chi connectivity index (χ1n) is 22.2. The molecule has 3 aromatic carbocycles. The van der Waals surface area contributed by atoms with Gasteiger partial charge in [-0.1, -0.05) is 24.3 Å². The van der Waals surface area contributed by atoms with Gasteiger partial charge in [-0.25, -0.2) is 0 Å². The standard InChI is InChI=1S/C48H54N8O7/c57-30-40-36-16-21-55(27-31-14-17-49-18-15-31)46(36)37-26-33(10-11-39(37)51-40)32-5-1-6-34(25-32)50-43(58)9-3-20-54-23-22-53(29-45(54)60)19-4-24-63-42-8-2-7-35-38(42)28-56(48(35)62)41-12-13-44(59)52-47(41)61/h1-2,5-8,10-11,14-15,17-18,25-26,36,40-41,46,51,57H,3-4,9,12-13,16,19-24,27-30H2,(H,50,58)(H,52,59,61)/t36-,40-,41?,46-/m1/s1. The summed E-state index contributed by atoms with van der Waals surface area (Å²) in [5.74, 6) is -0.167. The highest BCUT2D eigenvalue weighted by Gasteiger charge is 2.44. The zero-order valence-electron chi connectivity index (χ0n) is 35.3. The Bertz CT molecular complexity index is 2380. The van der Waals surface area contributed by atoms with E-state index in [1.807, 2.05) is 41.6 Å². The number of nitrogens with zero attached hydrogens (tertiary/aromatic N) is 5. The van der Waals surface area contributed by atoms with E-state index in [0.717, 1.165) is 54.1 Å². The molecule has 6 heterocycles. The van der Waals surface area contributed by atoms with E-state index in [1.54, 1.807) is 12.1 Å². The molecule has 0 spiro atoms.